The fraction of sp³-hybridized carbons (Fsp3) is 0.533. The van der Waals surface area contributed by atoms with E-state index in [1.165, 1.54) is 24.6 Å². The number of nitro groups is 1. The number of non-ortho nitro benzene ring substituents is 1. The Morgan fingerprint density at radius 3 is 2.52 bits per heavy atom. The Hall–Kier alpha value is -1.37. The van der Waals surface area contributed by atoms with E-state index in [0.29, 0.717) is 24.1 Å². The van der Waals surface area contributed by atoms with E-state index in [1.807, 2.05) is 0 Å². The number of rotatable bonds is 2. The number of nitrogens with zero attached hydrogens (tertiary/aromatic N) is 2. The standard InChI is InChI=1S/C15H18ClN3O3.ClH/c16-13-9-11(19(21)22)1-2-12(13)14(20)18-7-4-15(5-8-18)3-6-17-10-15;/h1-2,9,17H,3-8,10H2;1H. The van der Waals surface area contributed by atoms with Gasteiger partial charge in [0.1, 0.15) is 0 Å². The van der Waals surface area contributed by atoms with Crippen molar-refractivity contribution in [3.8, 4) is 0 Å². The van der Waals surface area contributed by atoms with E-state index in [-0.39, 0.29) is 29.0 Å². The van der Waals surface area contributed by atoms with Gasteiger partial charge in [0.25, 0.3) is 11.6 Å². The highest BCUT2D eigenvalue weighted by Gasteiger charge is 2.38. The summed E-state index contributed by atoms with van der Waals surface area (Å²) in [7, 11) is 0. The van der Waals surface area contributed by atoms with E-state index in [9.17, 15) is 14.9 Å². The minimum Gasteiger partial charge on any atom is -0.339 e. The lowest BCUT2D eigenvalue weighted by atomic mass is 9.78. The van der Waals surface area contributed by atoms with Gasteiger partial charge >= 0.3 is 0 Å². The van der Waals surface area contributed by atoms with E-state index < -0.39 is 4.92 Å². The molecule has 0 atom stereocenters. The van der Waals surface area contributed by atoms with Crippen LogP contribution in [0.2, 0.25) is 5.02 Å². The molecule has 2 fully saturated rings. The van der Waals surface area contributed by atoms with E-state index in [2.05, 4.69) is 5.32 Å². The van der Waals surface area contributed by atoms with Gasteiger partial charge in [-0.25, -0.2) is 0 Å². The number of likely N-dealkylation sites (tertiary alicyclic amines) is 1. The Bertz CT molecular complexity index is 608. The summed E-state index contributed by atoms with van der Waals surface area (Å²) in [5.41, 5.74) is 0.583. The molecule has 2 aliphatic rings. The second kappa shape index (κ2) is 7.03. The Morgan fingerprint density at radius 1 is 1.30 bits per heavy atom. The van der Waals surface area contributed by atoms with Crippen molar-refractivity contribution in [3.63, 3.8) is 0 Å². The molecular formula is C15H19Cl2N3O3. The van der Waals surface area contributed by atoms with Crippen LogP contribution in [0, 0.1) is 15.5 Å². The molecule has 0 unspecified atom stereocenters. The summed E-state index contributed by atoms with van der Waals surface area (Å²) < 4.78 is 0. The highest BCUT2D eigenvalue weighted by atomic mass is 35.5. The van der Waals surface area contributed by atoms with Crippen LogP contribution in [-0.4, -0.2) is 41.9 Å². The summed E-state index contributed by atoms with van der Waals surface area (Å²) in [6.07, 6.45) is 3.17. The molecule has 6 nitrogen and oxygen atoms in total. The zero-order chi connectivity index (χ0) is 15.7. The Labute approximate surface area is 145 Å². The van der Waals surface area contributed by atoms with Gasteiger partial charge in [-0.2, -0.15) is 0 Å². The molecule has 2 aliphatic heterocycles. The van der Waals surface area contributed by atoms with Crippen LogP contribution >= 0.6 is 24.0 Å². The van der Waals surface area contributed by atoms with Crippen molar-refractivity contribution in [2.45, 2.75) is 19.3 Å². The molecule has 0 aromatic heterocycles. The van der Waals surface area contributed by atoms with Gasteiger partial charge in [0.2, 0.25) is 0 Å². The van der Waals surface area contributed by atoms with E-state index >= 15 is 0 Å². The quantitative estimate of drug-likeness (QED) is 0.650. The first kappa shape index (κ1) is 18.0. The summed E-state index contributed by atoms with van der Waals surface area (Å²) in [6.45, 7) is 3.52. The molecule has 2 saturated heterocycles. The second-order valence-corrected chi connectivity index (χ2v) is 6.55. The van der Waals surface area contributed by atoms with Crippen molar-refractivity contribution in [2.75, 3.05) is 26.2 Å². The lowest BCUT2D eigenvalue weighted by Gasteiger charge is -2.39. The predicted octanol–water partition coefficient (Wildman–Crippen LogP) is 2.89. The van der Waals surface area contributed by atoms with Gasteiger partial charge in [0.05, 0.1) is 15.5 Å². The molecule has 8 heteroatoms. The molecule has 0 aliphatic carbocycles. The molecule has 1 amide bonds. The van der Waals surface area contributed by atoms with E-state index in [4.69, 9.17) is 11.6 Å². The summed E-state index contributed by atoms with van der Waals surface area (Å²) >= 11 is 6.05. The number of nitrogens with one attached hydrogen (secondary N) is 1. The van der Waals surface area contributed by atoms with Crippen LogP contribution in [0.5, 0.6) is 0 Å². The lowest BCUT2D eigenvalue weighted by Crippen LogP contribution is -2.44. The summed E-state index contributed by atoms with van der Waals surface area (Å²) in [5.74, 6) is -0.138. The Balaban J connectivity index is 0.00000192. The number of hydrogen-bond acceptors (Lipinski definition) is 4. The molecule has 1 N–H and O–H groups in total. The van der Waals surface area contributed by atoms with E-state index in [0.717, 1.165) is 25.9 Å². The highest BCUT2D eigenvalue weighted by Crippen LogP contribution is 2.37. The van der Waals surface area contributed by atoms with Crippen LogP contribution in [0.25, 0.3) is 0 Å². The maximum absolute atomic E-state index is 12.6. The van der Waals surface area contributed by atoms with Gasteiger partial charge in [-0.05, 0) is 37.3 Å². The van der Waals surface area contributed by atoms with E-state index in [1.54, 1.807) is 4.90 Å². The van der Waals surface area contributed by atoms with Crippen LogP contribution in [0.4, 0.5) is 5.69 Å². The first-order valence-electron chi connectivity index (χ1n) is 7.45. The molecule has 1 spiro atoms. The van der Waals surface area contributed by atoms with Crippen molar-refractivity contribution in [2.24, 2.45) is 5.41 Å². The normalized spacial score (nSPS) is 19.4. The van der Waals surface area contributed by atoms with Gasteiger partial charge in [-0.1, -0.05) is 11.6 Å². The Kier molecular flexibility index (Phi) is 5.49. The monoisotopic (exact) mass is 359 g/mol. The van der Waals surface area contributed by atoms with Crippen LogP contribution in [0.1, 0.15) is 29.6 Å². The first-order chi connectivity index (χ1) is 10.5. The molecular weight excluding hydrogens is 341 g/mol. The van der Waals surface area contributed by atoms with Gasteiger partial charge in [0.15, 0.2) is 0 Å². The number of nitro benzene ring substituents is 1. The molecule has 0 saturated carbocycles. The molecule has 3 rings (SSSR count). The smallest absolute Gasteiger partial charge is 0.270 e. The van der Waals surface area contributed by atoms with Crippen LogP contribution in [-0.2, 0) is 0 Å². The fourth-order valence-corrected chi connectivity index (χ4v) is 3.62. The maximum atomic E-state index is 12.6. The van der Waals surface area contributed by atoms with Crippen molar-refractivity contribution in [1.82, 2.24) is 10.2 Å². The number of benzene rings is 1. The number of halogens is 2. The highest BCUT2D eigenvalue weighted by molar-refractivity contribution is 6.34. The third kappa shape index (κ3) is 3.59. The number of carbonyl (C=O) groups is 1. The third-order valence-corrected chi connectivity index (χ3v) is 5.15. The largest absolute Gasteiger partial charge is 0.339 e. The predicted molar refractivity (Wildman–Crippen MR) is 90.4 cm³/mol. The lowest BCUT2D eigenvalue weighted by molar-refractivity contribution is -0.384. The fourth-order valence-electron chi connectivity index (χ4n) is 3.37. The average molecular weight is 360 g/mol. The molecule has 1 aromatic rings. The van der Waals surface area contributed by atoms with Crippen molar-refractivity contribution in [1.29, 1.82) is 0 Å². The SMILES string of the molecule is Cl.O=C(c1ccc([N+](=O)[O-])cc1Cl)N1CCC2(CCNC2)CC1. The van der Waals surface area contributed by atoms with Crippen molar-refractivity contribution in [3.05, 3.63) is 38.9 Å². The average Bonchev–Trinajstić information content (AvgIpc) is 2.95. The third-order valence-electron chi connectivity index (χ3n) is 4.84. The minimum absolute atomic E-state index is 0. The van der Waals surface area contributed by atoms with Gasteiger partial charge in [0, 0.05) is 31.8 Å². The molecule has 126 valence electrons. The number of hydrogen-bond donors (Lipinski definition) is 1. The second-order valence-electron chi connectivity index (χ2n) is 6.14. The summed E-state index contributed by atoms with van der Waals surface area (Å²) in [5, 5.41) is 14.3. The molecule has 2 heterocycles. The summed E-state index contributed by atoms with van der Waals surface area (Å²) in [6, 6.07) is 4.01. The van der Waals surface area contributed by atoms with Crippen LogP contribution in [0.15, 0.2) is 18.2 Å². The topological polar surface area (TPSA) is 75.5 Å². The number of carbonyl (C=O) groups excluding carboxylic acids is 1. The minimum atomic E-state index is -0.516. The van der Waals surface area contributed by atoms with Gasteiger partial charge in [-0.15, -0.1) is 12.4 Å². The van der Waals surface area contributed by atoms with Crippen molar-refractivity contribution < 1.29 is 9.72 Å². The zero-order valence-corrected chi connectivity index (χ0v) is 14.2. The number of amides is 1. The molecule has 1 aromatic carbocycles. The first-order valence-corrected chi connectivity index (χ1v) is 7.83. The zero-order valence-electron chi connectivity index (χ0n) is 12.6. The van der Waals surface area contributed by atoms with Crippen LogP contribution < -0.4 is 5.32 Å². The number of piperidine rings is 1. The Morgan fingerprint density at radius 2 is 2.00 bits per heavy atom. The molecule has 0 radical (unpaired) electrons. The molecule has 0 bridgehead atoms. The van der Waals surface area contributed by atoms with Crippen LogP contribution in [0.3, 0.4) is 0 Å². The van der Waals surface area contributed by atoms with Gasteiger partial charge < -0.3 is 10.2 Å². The molecule has 23 heavy (non-hydrogen) atoms. The van der Waals surface area contributed by atoms with Gasteiger partial charge in [-0.3, -0.25) is 14.9 Å². The summed E-state index contributed by atoms with van der Waals surface area (Å²) in [4.78, 5) is 24.6. The maximum Gasteiger partial charge on any atom is 0.270 e. The van der Waals surface area contributed by atoms with Crippen molar-refractivity contribution >= 4 is 35.6 Å².